The summed E-state index contributed by atoms with van der Waals surface area (Å²) in [6.45, 7) is 2.39. The van der Waals surface area contributed by atoms with Gasteiger partial charge in [0.1, 0.15) is 6.54 Å². The zero-order valence-corrected chi connectivity index (χ0v) is 16.3. The summed E-state index contributed by atoms with van der Waals surface area (Å²) in [5.74, 6) is -0.361. The number of fused-ring (bicyclic) bond motifs is 1. The van der Waals surface area contributed by atoms with Crippen molar-refractivity contribution in [3.05, 3.63) is 52.6 Å². The number of carbonyl (C=O) groups is 1. The smallest absolute Gasteiger partial charge is 0.376 e. The minimum Gasteiger partial charge on any atom is -0.376 e. The number of benzene rings is 1. The van der Waals surface area contributed by atoms with Crippen LogP contribution in [0.2, 0.25) is 0 Å². The van der Waals surface area contributed by atoms with Crippen molar-refractivity contribution < 1.29 is 22.7 Å². The summed E-state index contributed by atoms with van der Waals surface area (Å²) in [6.07, 6.45) is -3.06. The van der Waals surface area contributed by atoms with Crippen molar-refractivity contribution in [2.45, 2.75) is 25.2 Å². The van der Waals surface area contributed by atoms with Crippen molar-refractivity contribution in [3.8, 4) is 11.1 Å². The van der Waals surface area contributed by atoms with Crippen molar-refractivity contribution in [2.24, 2.45) is 7.05 Å². The van der Waals surface area contributed by atoms with Crippen molar-refractivity contribution in [3.63, 3.8) is 0 Å². The Balaban J connectivity index is 1.73. The first-order chi connectivity index (χ1) is 14.1. The second-order valence-corrected chi connectivity index (χ2v) is 7.67. The van der Waals surface area contributed by atoms with Crippen LogP contribution < -0.4 is 11.0 Å². The first-order valence-corrected chi connectivity index (χ1v) is 9.19. The van der Waals surface area contributed by atoms with E-state index in [9.17, 15) is 22.8 Å². The Bertz CT molecular complexity index is 1190. The average Bonchev–Trinajstić information content (AvgIpc) is 2.90. The molecule has 0 aliphatic carbocycles. The van der Waals surface area contributed by atoms with Crippen molar-refractivity contribution in [1.29, 1.82) is 0 Å². The standard InChI is InChI=1S/C20H19F3N4O3/c1-19(10-30-11-19)25-16(28)9-27-15-7-13(8-24-17(15)26(2)18(27)29)12-4-3-5-14(6-12)20(21,22)23/h3-8H,9-11H2,1-2H3,(H,25,28). The molecule has 1 aliphatic heterocycles. The molecule has 0 atom stereocenters. The van der Waals surface area contributed by atoms with E-state index >= 15 is 0 Å². The van der Waals surface area contributed by atoms with Crippen LogP contribution in [0.4, 0.5) is 13.2 Å². The summed E-state index contributed by atoms with van der Waals surface area (Å²) in [5.41, 5.74) is -0.264. The molecule has 1 saturated heterocycles. The van der Waals surface area contributed by atoms with Gasteiger partial charge in [0.15, 0.2) is 5.65 Å². The zero-order valence-electron chi connectivity index (χ0n) is 16.3. The fourth-order valence-corrected chi connectivity index (χ4v) is 3.46. The van der Waals surface area contributed by atoms with Crippen LogP contribution in [-0.4, -0.2) is 38.8 Å². The molecular formula is C20H19F3N4O3. The second-order valence-electron chi connectivity index (χ2n) is 7.67. The quantitative estimate of drug-likeness (QED) is 0.703. The van der Waals surface area contributed by atoms with E-state index in [1.54, 1.807) is 6.07 Å². The molecule has 1 amide bonds. The maximum Gasteiger partial charge on any atom is 0.416 e. The van der Waals surface area contributed by atoms with Crippen LogP contribution in [0.1, 0.15) is 12.5 Å². The van der Waals surface area contributed by atoms with Gasteiger partial charge in [-0.05, 0) is 30.7 Å². The molecule has 30 heavy (non-hydrogen) atoms. The van der Waals surface area contributed by atoms with Crippen LogP contribution in [0.15, 0.2) is 41.3 Å². The van der Waals surface area contributed by atoms with E-state index in [2.05, 4.69) is 10.3 Å². The van der Waals surface area contributed by atoms with E-state index in [1.165, 1.54) is 34.5 Å². The third-order valence-corrected chi connectivity index (χ3v) is 5.08. The normalized spacial score (nSPS) is 15.8. The van der Waals surface area contributed by atoms with Crippen LogP contribution in [0.25, 0.3) is 22.3 Å². The minimum atomic E-state index is -4.47. The Hall–Kier alpha value is -3.14. The molecule has 0 unspecified atom stereocenters. The number of nitrogens with one attached hydrogen (secondary N) is 1. The number of hydrogen-bond acceptors (Lipinski definition) is 4. The predicted molar refractivity (Wildman–Crippen MR) is 103 cm³/mol. The highest BCUT2D eigenvalue weighted by atomic mass is 19.4. The molecule has 158 valence electrons. The van der Waals surface area contributed by atoms with E-state index in [0.29, 0.717) is 35.5 Å². The van der Waals surface area contributed by atoms with E-state index in [1.807, 2.05) is 6.92 Å². The summed E-state index contributed by atoms with van der Waals surface area (Å²) < 4.78 is 46.8. The first kappa shape index (κ1) is 20.1. The van der Waals surface area contributed by atoms with Gasteiger partial charge in [-0.25, -0.2) is 9.78 Å². The average molecular weight is 420 g/mol. The van der Waals surface area contributed by atoms with E-state index < -0.39 is 23.0 Å². The number of imidazole rings is 1. The zero-order chi connectivity index (χ0) is 21.7. The molecule has 1 N–H and O–H groups in total. The molecule has 3 aromatic rings. The molecule has 0 bridgehead atoms. The molecule has 1 aliphatic rings. The van der Waals surface area contributed by atoms with Gasteiger partial charge in [0, 0.05) is 18.8 Å². The van der Waals surface area contributed by atoms with Gasteiger partial charge in [0.25, 0.3) is 0 Å². The Kier molecular flexibility index (Phi) is 4.69. The van der Waals surface area contributed by atoms with E-state index in [4.69, 9.17) is 4.74 Å². The SMILES string of the molecule is Cn1c(=O)n(CC(=O)NC2(C)COC2)c2cc(-c3cccc(C(F)(F)F)c3)cnc21. The Morgan fingerprint density at radius 1 is 1.27 bits per heavy atom. The maximum absolute atomic E-state index is 13.1. The summed E-state index contributed by atoms with van der Waals surface area (Å²) >= 11 is 0. The molecule has 10 heteroatoms. The Labute approximate surface area is 169 Å². The number of nitrogens with zero attached hydrogens (tertiary/aromatic N) is 3. The van der Waals surface area contributed by atoms with Gasteiger partial charge in [0.05, 0.1) is 29.8 Å². The molecule has 7 nitrogen and oxygen atoms in total. The third kappa shape index (κ3) is 3.58. The monoisotopic (exact) mass is 420 g/mol. The first-order valence-electron chi connectivity index (χ1n) is 9.19. The lowest BCUT2D eigenvalue weighted by Gasteiger charge is -2.38. The van der Waals surface area contributed by atoms with Crippen LogP contribution in [0.5, 0.6) is 0 Å². The number of rotatable bonds is 4. The van der Waals surface area contributed by atoms with Gasteiger partial charge in [-0.2, -0.15) is 13.2 Å². The number of halogens is 3. The number of carbonyl (C=O) groups excluding carboxylic acids is 1. The molecular weight excluding hydrogens is 401 g/mol. The van der Waals surface area contributed by atoms with Gasteiger partial charge >= 0.3 is 11.9 Å². The van der Waals surface area contributed by atoms with Crippen LogP contribution >= 0.6 is 0 Å². The van der Waals surface area contributed by atoms with Crippen molar-refractivity contribution in [2.75, 3.05) is 13.2 Å². The van der Waals surface area contributed by atoms with Gasteiger partial charge in [0.2, 0.25) is 5.91 Å². The maximum atomic E-state index is 13.1. The lowest BCUT2D eigenvalue weighted by Crippen LogP contribution is -2.60. The Morgan fingerprint density at radius 3 is 2.63 bits per heavy atom. The summed E-state index contributed by atoms with van der Waals surface area (Å²) in [5, 5.41) is 2.83. The highest BCUT2D eigenvalue weighted by Crippen LogP contribution is 2.32. The van der Waals surface area contributed by atoms with Gasteiger partial charge in [-0.15, -0.1) is 0 Å². The van der Waals surface area contributed by atoms with Gasteiger partial charge in [-0.1, -0.05) is 12.1 Å². The van der Waals surface area contributed by atoms with Gasteiger partial charge < -0.3 is 10.1 Å². The number of aromatic nitrogens is 3. The number of pyridine rings is 1. The largest absolute Gasteiger partial charge is 0.416 e. The molecule has 4 rings (SSSR count). The van der Waals surface area contributed by atoms with E-state index in [-0.39, 0.29) is 12.5 Å². The summed E-state index contributed by atoms with van der Waals surface area (Å²) in [4.78, 5) is 29.3. The fraction of sp³-hybridized carbons (Fsp3) is 0.350. The van der Waals surface area contributed by atoms with Crippen LogP contribution in [0.3, 0.4) is 0 Å². The van der Waals surface area contributed by atoms with Crippen LogP contribution in [0, 0.1) is 0 Å². The fourth-order valence-electron chi connectivity index (χ4n) is 3.46. The predicted octanol–water partition coefficient (Wildman–Crippen LogP) is 2.33. The topological polar surface area (TPSA) is 78.2 Å². The van der Waals surface area contributed by atoms with Crippen molar-refractivity contribution >= 4 is 17.1 Å². The molecule has 1 aromatic carbocycles. The second kappa shape index (κ2) is 6.98. The molecule has 1 fully saturated rings. The molecule has 0 saturated carbocycles. The molecule has 0 spiro atoms. The third-order valence-electron chi connectivity index (χ3n) is 5.08. The number of aryl methyl sites for hydroxylation is 1. The van der Waals surface area contributed by atoms with Crippen LogP contribution in [-0.2, 0) is 29.3 Å². The van der Waals surface area contributed by atoms with E-state index in [0.717, 1.165) is 12.1 Å². The highest BCUT2D eigenvalue weighted by molar-refractivity contribution is 5.82. The molecule has 2 aromatic heterocycles. The molecule has 0 radical (unpaired) electrons. The lowest BCUT2D eigenvalue weighted by atomic mass is 10.0. The summed E-state index contributed by atoms with van der Waals surface area (Å²) in [7, 11) is 1.52. The highest BCUT2D eigenvalue weighted by Gasteiger charge is 2.35. The summed E-state index contributed by atoms with van der Waals surface area (Å²) in [6, 6.07) is 6.44. The number of ether oxygens (including phenoxy) is 1. The number of amides is 1. The number of hydrogen-bond donors (Lipinski definition) is 1. The van der Waals surface area contributed by atoms with Crippen molar-refractivity contribution in [1.82, 2.24) is 19.4 Å². The van der Waals surface area contributed by atoms with Gasteiger partial charge in [-0.3, -0.25) is 13.9 Å². The Morgan fingerprint density at radius 2 is 2.00 bits per heavy atom. The molecule has 3 heterocycles. The minimum absolute atomic E-state index is 0.237. The number of alkyl halides is 3. The lowest BCUT2D eigenvalue weighted by molar-refractivity contribution is -0.137.